The third kappa shape index (κ3) is 3.39. The van der Waals surface area contributed by atoms with Gasteiger partial charge in [0, 0.05) is 32.8 Å². The third-order valence-corrected chi connectivity index (χ3v) is 6.80. The van der Waals surface area contributed by atoms with Crippen molar-refractivity contribution in [3.05, 3.63) is 63.7 Å². The number of anilines is 1. The van der Waals surface area contributed by atoms with Crippen molar-refractivity contribution < 1.29 is 9.32 Å². The van der Waals surface area contributed by atoms with E-state index in [1.807, 2.05) is 49.4 Å². The summed E-state index contributed by atoms with van der Waals surface area (Å²) in [6, 6.07) is 15.7. The molecule has 0 radical (unpaired) electrons. The van der Waals surface area contributed by atoms with E-state index in [1.54, 1.807) is 22.7 Å². The van der Waals surface area contributed by atoms with Crippen molar-refractivity contribution in [3.8, 4) is 22.2 Å². The standard InChI is InChI=1S/C21H17N3O2S2/c1-12-7-8-18(28-12)19-23-21(26-24-19)13-4-2-5-14(10-13)22-20(25)16-11-15(16)17-6-3-9-27-17/h2-10,15-16H,11H2,1H3,(H,22,25). The van der Waals surface area contributed by atoms with Crippen LogP contribution in [0.5, 0.6) is 0 Å². The van der Waals surface area contributed by atoms with E-state index in [-0.39, 0.29) is 11.8 Å². The smallest absolute Gasteiger partial charge is 0.258 e. The van der Waals surface area contributed by atoms with Gasteiger partial charge in [-0.25, -0.2) is 0 Å². The highest BCUT2D eigenvalue weighted by Gasteiger charge is 2.44. The fourth-order valence-corrected chi connectivity index (χ4v) is 4.96. The van der Waals surface area contributed by atoms with Gasteiger partial charge in [0.2, 0.25) is 11.7 Å². The minimum atomic E-state index is 0.0550. The average Bonchev–Trinajstić information content (AvgIpc) is 3.12. The molecule has 1 aliphatic carbocycles. The van der Waals surface area contributed by atoms with Crippen LogP contribution in [0.25, 0.3) is 22.2 Å². The highest BCUT2D eigenvalue weighted by atomic mass is 32.1. The molecule has 7 heteroatoms. The minimum Gasteiger partial charge on any atom is -0.334 e. The van der Waals surface area contributed by atoms with Crippen molar-refractivity contribution in [1.29, 1.82) is 0 Å². The van der Waals surface area contributed by atoms with E-state index in [1.165, 1.54) is 9.75 Å². The van der Waals surface area contributed by atoms with Gasteiger partial charge in [0.1, 0.15) is 0 Å². The number of nitrogens with zero attached hydrogens (tertiary/aromatic N) is 2. The Kier molecular flexibility index (Phi) is 4.33. The predicted molar refractivity (Wildman–Crippen MR) is 112 cm³/mol. The van der Waals surface area contributed by atoms with E-state index >= 15 is 0 Å². The van der Waals surface area contributed by atoms with Crippen molar-refractivity contribution in [3.63, 3.8) is 0 Å². The van der Waals surface area contributed by atoms with Crippen LogP contribution in [0.3, 0.4) is 0 Å². The molecule has 5 nitrogen and oxygen atoms in total. The summed E-state index contributed by atoms with van der Waals surface area (Å²) in [6.07, 6.45) is 0.916. The van der Waals surface area contributed by atoms with E-state index in [0.717, 1.165) is 22.5 Å². The molecule has 140 valence electrons. The molecule has 1 aliphatic rings. The number of hydrogen-bond acceptors (Lipinski definition) is 6. The lowest BCUT2D eigenvalue weighted by Gasteiger charge is -2.05. The first-order chi connectivity index (χ1) is 13.7. The highest BCUT2D eigenvalue weighted by molar-refractivity contribution is 7.15. The SMILES string of the molecule is Cc1ccc(-c2noc(-c3cccc(NC(=O)C4CC4c4cccs4)c3)n2)s1. The molecule has 0 aliphatic heterocycles. The van der Waals surface area contributed by atoms with Crippen LogP contribution in [0.4, 0.5) is 5.69 Å². The molecule has 1 fully saturated rings. The zero-order chi connectivity index (χ0) is 19.1. The number of carbonyl (C=O) groups excluding carboxylic acids is 1. The van der Waals surface area contributed by atoms with Gasteiger partial charge in [0.15, 0.2) is 0 Å². The number of amides is 1. The third-order valence-electron chi connectivity index (χ3n) is 4.80. The Morgan fingerprint density at radius 1 is 1.21 bits per heavy atom. The maximum absolute atomic E-state index is 12.6. The highest BCUT2D eigenvalue weighted by Crippen LogP contribution is 2.49. The Hall–Kier alpha value is -2.77. The first-order valence-electron chi connectivity index (χ1n) is 9.02. The van der Waals surface area contributed by atoms with Crippen molar-refractivity contribution in [2.45, 2.75) is 19.3 Å². The van der Waals surface area contributed by atoms with Gasteiger partial charge >= 0.3 is 0 Å². The second-order valence-electron chi connectivity index (χ2n) is 6.87. The van der Waals surface area contributed by atoms with Gasteiger partial charge in [-0.05, 0) is 55.1 Å². The number of carbonyl (C=O) groups is 1. The second kappa shape index (κ2) is 7.00. The van der Waals surface area contributed by atoms with E-state index in [9.17, 15) is 4.79 Å². The van der Waals surface area contributed by atoms with Gasteiger partial charge in [-0.3, -0.25) is 4.79 Å². The van der Waals surface area contributed by atoms with Gasteiger partial charge in [-0.2, -0.15) is 4.98 Å². The fraction of sp³-hybridized carbons (Fsp3) is 0.190. The molecule has 1 aromatic carbocycles. The largest absolute Gasteiger partial charge is 0.334 e. The molecule has 3 aromatic heterocycles. The quantitative estimate of drug-likeness (QED) is 0.469. The Labute approximate surface area is 170 Å². The first kappa shape index (κ1) is 17.3. The van der Waals surface area contributed by atoms with Gasteiger partial charge in [0.25, 0.3) is 5.89 Å². The summed E-state index contributed by atoms with van der Waals surface area (Å²) < 4.78 is 5.43. The molecular formula is C21H17N3O2S2. The molecule has 3 heterocycles. The van der Waals surface area contributed by atoms with Crippen LogP contribution in [0.1, 0.15) is 22.1 Å². The Morgan fingerprint density at radius 2 is 2.14 bits per heavy atom. The van der Waals surface area contributed by atoms with Crippen LogP contribution < -0.4 is 5.32 Å². The van der Waals surface area contributed by atoms with Crippen LogP contribution in [-0.4, -0.2) is 16.0 Å². The fourth-order valence-electron chi connectivity index (χ4n) is 3.26. The molecule has 4 aromatic rings. The number of aromatic nitrogens is 2. The Morgan fingerprint density at radius 3 is 2.93 bits per heavy atom. The van der Waals surface area contributed by atoms with Crippen LogP contribution in [-0.2, 0) is 4.79 Å². The lowest BCUT2D eigenvalue weighted by Crippen LogP contribution is -2.14. The number of thiophene rings is 2. The zero-order valence-electron chi connectivity index (χ0n) is 15.1. The molecule has 2 unspecified atom stereocenters. The second-order valence-corrected chi connectivity index (χ2v) is 9.13. The van der Waals surface area contributed by atoms with Crippen LogP contribution in [0.15, 0.2) is 58.4 Å². The monoisotopic (exact) mass is 407 g/mol. The van der Waals surface area contributed by atoms with Crippen molar-refractivity contribution in [2.24, 2.45) is 5.92 Å². The number of rotatable bonds is 5. The minimum absolute atomic E-state index is 0.0550. The van der Waals surface area contributed by atoms with Crippen molar-refractivity contribution in [2.75, 3.05) is 5.32 Å². The van der Waals surface area contributed by atoms with Gasteiger partial charge in [-0.1, -0.05) is 17.3 Å². The molecule has 1 saturated carbocycles. The molecule has 0 bridgehead atoms. The normalized spacial score (nSPS) is 18.2. The average molecular weight is 408 g/mol. The number of hydrogen-bond donors (Lipinski definition) is 1. The molecule has 1 N–H and O–H groups in total. The Balaban J connectivity index is 1.30. The number of aryl methyl sites for hydroxylation is 1. The maximum atomic E-state index is 12.6. The topological polar surface area (TPSA) is 68.0 Å². The van der Waals surface area contributed by atoms with Crippen LogP contribution in [0, 0.1) is 12.8 Å². The van der Waals surface area contributed by atoms with E-state index in [0.29, 0.717) is 17.6 Å². The lowest BCUT2D eigenvalue weighted by molar-refractivity contribution is -0.117. The summed E-state index contributed by atoms with van der Waals surface area (Å²) in [5.74, 6) is 1.51. The zero-order valence-corrected chi connectivity index (χ0v) is 16.7. The molecule has 28 heavy (non-hydrogen) atoms. The summed E-state index contributed by atoms with van der Waals surface area (Å²) in [5, 5.41) is 9.16. The molecular weight excluding hydrogens is 390 g/mol. The molecule has 5 rings (SSSR count). The summed E-state index contributed by atoms with van der Waals surface area (Å²) in [7, 11) is 0. The number of nitrogens with one attached hydrogen (secondary N) is 1. The van der Waals surface area contributed by atoms with Crippen LogP contribution in [0.2, 0.25) is 0 Å². The van der Waals surface area contributed by atoms with Gasteiger partial charge in [-0.15, -0.1) is 22.7 Å². The molecule has 1 amide bonds. The maximum Gasteiger partial charge on any atom is 0.258 e. The van der Waals surface area contributed by atoms with E-state index in [2.05, 4.69) is 26.9 Å². The van der Waals surface area contributed by atoms with Crippen molar-refractivity contribution >= 4 is 34.3 Å². The van der Waals surface area contributed by atoms with Crippen LogP contribution >= 0.6 is 22.7 Å². The van der Waals surface area contributed by atoms with Gasteiger partial charge in [0.05, 0.1) is 4.88 Å². The summed E-state index contributed by atoms with van der Waals surface area (Å²) in [5.41, 5.74) is 1.53. The van der Waals surface area contributed by atoms with E-state index < -0.39 is 0 Å². The molecule has 2 atom stereocenters. The van der Waals surface area contributed by atoms with Crippen molar-refractivity contribution in [1.82, 2.24) is 10.1 Å². The Bertz CT molecular complexity index is 1130. The van der Waals surface area contributed by atoms with E-state index in [4.69, 9.17) is 4.52 Å². The predicted octanol–water partition coefficient (Wildman–Crippen LogP) is 5.58. The van der Waals surface area contributed by atoms with Gasteiger partial charge < -0.3 is 9.84 Å². The first-order valence-corrected chi connectivity index (χ1v) is 10.7. The summed E-state index contributed by atoms with van der Waals surface area (Å²) >= 11 is 3.34. The summed E-state index contributed by atoms with van der Waals surface area (Å²) in [6.45, 7) is 2.05. The lowest BCUT2D eigenvalue weighted by atomic mass is 10.2. The summed E-state index contributed by atoms with van der Waals surface area (Å²) in [4.78, 5) is 20.5. The number of benzene rings is 1. The molecule has 0 spiro atoms. The molecule has 0 saturated heterocycles.